The lowest BCUT2D eigenvalue weighted by Crippen LogP contribution is -2.14. The van der Waals surface area contributed by atoms with E-state index in [0.717, 1.165) is 18.2 Å². The molecule has 0 bridgehead atoms. The number of hydrogen-bond acceptors (Lipinski definition) is 5. The third-order valence-electron chi connectivity index (χ3n) is 3.23. The number of hydrogen-bond donors (Lipinski definition) is 3. The Hall–Kier alpha value is -3.14. The SMILES string of the molecule is CC(=O)Nc1ccc(F)c(NS(=O)(=O)c2ccc3[nH]c(=O)oc3c2)c1. The number of rotatable bonds is 4. The van der Waals surface area contributed by atoms with Crippen LogP contribution in [0.4, 0.5) is 15.8 Å². The molecule has 3 rings (SSSR count). The molecule has 10 heteroatoms. The second-order valence-corrected chi connectivity index (χ2v) is 6.84. The van der Waals surface area contributed by atoms with Crippen molar-refractivity contribution in [2.75, 3.05) is 10.0 Å². The van der Waals surface area contributed by atoms with Crippen LogP contribution in [0.15, 0.2) is 50.5 Å². The summed E-state index contributed by atoms with van der Waals surface area (Å²) >= 11 is 0. The van der Waals surface area contributed by atoms with Crippen LogP contribution >= 0.6 is 0 Å². The predicted octanol–water partition coefficient (Wildman–Crippen LogP) is 2.02. The number of halogens is 1. The van der Waals surface area contributed by atoms with Crippen LogP contribution in [0, 0.1) is 5.82 Å². The first-order valence-electron chi connectivity index (χ1n) is 6.97. The molecule has 0 unspecified atom stereocenters. The van der Waals surface area contributed by atoms with Gasteiger partial charge < -0.3 is 9.73 Å². The van der Waals surface area contributed by atoms with Gasteiger partial charge in [0, 0.05) is 18.7 Å². The first kappa shape index (κ1) is 16.7. The fourth-order valence-electron chi connectivity index (χ4n) is 2.18. The minimum Gasteiger partial charge on any atom is -0.408 e. The monoisotopic (exact) mass is 365 g/mol. The smallest absolute Gasteiger partial charge is 0.408 e. The van der Waals surface area contributed by atoms with E-state index in [2.05, 4.69) is 15.0 Å². The van der Waals surface area contributed by atoms with Crippen LogP contribution < -0.4 is 15.8 Å². The summed E-state index contributed by atoms with van der Waals surface area (Å²) in [5, 5.41) is 2.43. The molecule has 1 aromatic heterocycles. The Balaban J connectivity index is 1.97. The van der Waals surface area contributed by atoms with E-state index < -0.39 is 21.6 Å². The van der Waals surface area contributed by atoms with Crippen LogP contribution in [0.2, 0.25) is 0 Å². The number of sulfonamides is 1. The van der Waals surface area contributed by atoms with Gasteiger partial charge in [-0.1, -0.05) is 0 Å². The number of nitrogens with one attached hydrogen (secondary N) is 3. The molecule has 0 atom stereocenters. The summed E-state index contributed by atoms with van der Waals surface area (Å²) in [6.07, 6.45) is 0. The number of oxazole rings is 1. The van der Waals surface area contributed by atoms with Crippen LogP contribution in [0.5, 0.6) is 0 Å². The molecule has 3 N–H and O–H groups in total. The van der Waals surface area contributed by atoms with Crippen molar-refractivity contribution in [1.29, 1.82) is 0 Å². The summed E-state index contributed by atoms with van der Waals surface area (Å²) in [4.78, 5) is 24.4. The molecule has 0 saturated carbocycles. The fraction of sp³-hybridized carbons (Fsp3) is 0.0667. The highest BCUT2D eigenvalue weighted by Gasteiger charge is 2.18. The topological polar surface area (TPSA) is 121 Å². The first-order chi connectivity index (χ1) is 11.7. The lowest BCUT2D eigenvalue weighted by Gasteiger charge is -2.11. The molecule has 0 aliphatic rings. The summed E-state index contributed by atoms with van der Waals surface area (Å²) < 4.78 is 45.7. The lowest BCUT2D eigenvalue weighted by molar-refractivity contribution is -0.114. The maximum absolute atomic E-state index is 13.9. The number of aromatic amines is 1. The van der Waals surface area contributed by atoms with E-state index >= 15 is 0 Å². The van der Waals surface area contributed by atoms with Gasteiger partial charge in [0.25, 0.3) is 10.0 Å². The van der Waals surface area contributed by atoms with Crippen LogP contribution in [-0.2, 0) is 14.8 Å². The van der Waals surface area contributed by atoms with Gasteiger partial charge in [-0.15, -0.1) is 0 Å². The van der Waals surface area contributed by atoms with Crippen molar-refractivity contribution in [1.82, 2.24) is 4.98 Å². The number of carbonyl (C=O) groups excluding carboxylic acids is 1. The van der Waals surface area contributed by atoms with Gasteiger partial charge in [0.2, 0.25) is 5.91 Å². The highest BCUT2D eigenvalue weighted by molar-refractivity contribution is 7.92. The average Bonchev–Trinajstić information content (AvgIpc) is 2.89. The fourth-order valence-corrected chi connectivity index (χ4v) is 3.25. The second-order valence-electron chi connectivity index (χ2n) is 5.15. The number of aromatic nitrogens is 1. The van der Waals surface area contributed by atoms with Crippen molar-refractivity contribution in [3.8, 4) is 0 Å². The second kappa shape index (κ2) is 6.06. The maximum Gasteiger partial charge on any atom is 0.417 e. The van der Waals surface area contributed by atoms with Gasteiger partial charge in [0.05, 0.1) is 16.1 Å². The van der Waals surface area contributed by atoms with Crippen LogP contribution in [0.25, 0.3) is 11.1 Å². The Morgan fingerprint density at radius 2 is 1.96 bits per heavy atom. The van der Waals surface area contributed by atoms with E-state index in [-0.39, 0.29) is 27.8 Å². The third-order valence-corrected chi connectivity index (χ3v) is 4.60. The lowest BCUT2D eigenvalue weighted by atomic mass is 10.2. The van der Waals surface area contributed by atoms with Gasteiger partial charge in [-0.05, 0) is 30.3 Å². The summed E-state index contributed by atoms with van der Waals surface area (Å²) in [5.74, 6) is -1.91. The van der Waals surface area contributed by atoms with Crippen LogP contribution in [0.1, 0.15) is 6.92 Å². The number of benzene rings is 2. The zero-order chi connectivity index (χ0) is 18.2. The normalized spacial score (nSPS) is 11.4. The van der Waals surface area contributed by atoms with E-state index in [9.17, 15) is 22.4 Å². The number of amides is 1. The van der Waals surface area contributed by atoms with Crippen LogP contribution in [0.3, 0.4) is 0 Å². The zero-order valence-corrected chi connectivity index (χ0v) is 13.6. The van der Waals surface area contributed by atoms with Gasteiger partial charge in [0.1, 0.15) is 5.82 Å². The Labute approximate surface area is 140 Å². The molecule has 1 heterocycles. The largest absolute Gasteiger partial charge is 0.417 e. The molecule has 2 aromatic carbocycles. The van der Waals surface area contributed by atoms with E-state index in [0.29, 0.717) is 5.52 Å². The molecule has 8 nitrogen and oxygen atoms in total. The summed E-state index contributed by atoms with van der Waals surface area (Å²) in [7, 11) is -4.14. The Morgan fingerprint density at radius 3 is 2.68 bits per heavy atom. The highest BCUT2D eigenvalue weighted by atomic mass is 32.2. The quantitative estimate of drug-likeness (QED) is 0.653. The summed E-state index contributed by atoms with van der Waals surface area (Å²) in [5.41, 5.74) is 0.295. The average molecular weight is 365 g/mol. The molecule has 0 aliphatic heterocycles. The van der Waals surface area contributed by atoms with Crippen molar-refractivity contribution in [3.05, 3.63) is 52.8 Å². The number of H-pyrrole nitrogens is 1. The van der Waals surface area contributed by atoms with Crippen molar-refractivity contribution in [2.45, 2.75) is 11.8 Å². The van der Waals surface area contributed by atoms with Gasteiger partial charge in [0.15, 0.2) is 5.58 Å². The van der Waals surface area contributed by atoms with E-state index in [1.165, 1.54) is 25.1 Å². The van der Waals surface area contributed by atoms with Gasteiger partial charge in [-0.25, -0.2) is 17.6 Å². The molecule has 25 heavy (non-hydrogen) atoms. The Kier molecular flexibility index (Phi) is 4.05. The predicted molar refractivity (Wildman–Crippen MR) is 88.3 cm³/mol. The number of carbonyl (C=O) groups is 1. The molecule has 130 valence electrons. The minimum atomic E-state index is -4.14. The minimum absolute atomic E-state index is 0.0559. The Morgan fingerprint density at radius 1 is 1.20 bits per heavy atom. The standard InChI is InChI=1S/C15H12FN3O5S/c1-8(20)17-9-2-4-11(16)13(6-9)19-25(22,23)10-3-5-12-14(7-10)24-15(21)18-12/h2-7,19H,1H3,(H,17,20)(H,18,21). The van der Waals surface area contributed by atoms with Gasteiger partial charge in [-0.3, -0.25) is 14.5 Å². The van der Waals surface area contributed by atoms with Crippen molar-refractivity contribution < 1.29 is 22.0 Å². The van der Waals surface area contributed by atoms with Crippen molar-refractivity contribution >= 4 is 38.4 Å². The summed E-state index contributed by atoms with van der Waals surface area (Å²) in [6.45, 7) is 1.27. The van der Waals surface area contributed by atoms with E-state index in [4.69, 9.17) is 4.42 Å². The molecule has 1 amide bonds. The van der Waals surface area contributed by atoms with Crippen LogP contribution in [-0.4, -0.2) is 19.3 Å². The van der Waals surface area contributed by atoms with E-state index in [1.54, 1.807) is 0 Å². The molecular formula is C15H12FN3O5S. The maximum atomic E-state index is 13.9. The molecular weight excluding hydrogens is 353 g/mol. The first-order valence-corrected chi connectivity index (χ1v) is 8.46. The highest BCUT2D eigenvalue weighted by Crippen LogP contribution is 2.24. The molecule has 3 aromatic rings. The zero-order valence-electron chi connectivity index (χ0n) is 12.8. The Bertz CT molecular complexity index is 1130. The summed E-state index contributed by atoms with van der Waals surface area (Å²) in [6, 6.07) is 7.23. The molecule has 0 aliphatic carbocycles. The van der Waals surface area contributed by atoms with E-state index in [1.807, 2.05) is 0 Å². The van der Waals surface area contributed by atoms with Crippen molar-refractivity contribution in [3.63, 3.8) is 0 Å². The van der Waals surface area contributed by atoms with Crippen molar-refractivity contribution in [2.24, 2.45) is 0 Å². The van der Waals surface area contributed by atoms with Gasteiger partial charge in [-0.2, -0.15) is 0 Å². The third kappa shape index (κ3) is 3.53. The molecule has 0 fully saturated rings. The molecule has 0 radical (unpaired) electrons. The van der Waals surface area contributed by atoms with Gasteiger partial charge >= 0.3 is 5.76 Å². The molecule has 0 spiro atoms. The number of fused-ring (bicyclic) bond motifs is 1. The molecule has 0 saturated heterocycles. The number of anilines is 2.